The third-order valence-electron chi connectivity index (χ3n) is 5.22. The van der Waals surface area contributed by atoms with Crippen LogP contribution in [-0.2, 0) is 11.2 Å². The summed E-state index contributed by atoms with van der Waals surface area (Å²) in [5.41, 5.74) is 7.19. The maximum absolute atomic E-state index is 13.5. The molecule has 0 atom stereocenters. The lowest BCUT2D eigenvalue weighted by Gasteiger charge is -2.30. The summed E-state index contributed by atoms with van der Waals surface area (Å²) < 4.78 is 27.0. The van der Waals surface area contributed by atoms with Gasteiger partial charge in [0, 0.05) is 24.5 Å². The lowest BCUT2D eigenvalue weighted by Crippen LogP contribution is -2.41. The average Bonchev–Trinajstić information content (AvgIpc) is 3.27. The van der Waals surface area contributed by atoms with Crippen LogP contribution >= 0.6 is 0 Å². The fourth-order valence-electron chi connectivity index (χ4n) is 3.76. The van der Waals surface area contributed by atoms with Gasteiger partial charge in [0.15, 0.2) is 0 Å². The highest BCUT2D eigenvalue weighted by atomic mass is 19.3. The molecular weight excluding hydrogens is 338 g/mol. The molecule has 1 saturated carbocycles. The standard InChI is InChI=1S/C19H18F2N4O/c20-17(21)16-9-14(11-5-6-11)23-18-13(10-22-25(16)18)19(26)24-8-7-12-3-1-2-4-15(12)24/h1-4,9,17,22-23H,5-8,10H2. The first-order valence-corrected chi connectivity index (χ1v) is 8.79. The number of nitrogens with one attached hydrogen (secondary N) is 2. The minimum Gasteiger partial charge on any atom is -0.340 e. The number of amides is 1. The van der Waals surface area contributed by atoms with E-state index in [-0.39, 0.29) is 18.1 Å². The van der Waals surface area contributed by atoms with Gasteiger partial charge in [0.25, 0.3) is 12.3 Å². The normalized spacial score (nSPS) is 21.1. The number of benzene rings is 1. The zero-order chi connectivity index (χ0) is 17.8. The molecule has 1 aromatic carbocycles. The minimum absolute atomic E-state index is 0.113. The van der Waals surface area contributed by atoms with E-state index < -0.39 is 6.43 Å². The molecule has 1 amide bonds. The van der Waals surface area contributed by atoms with Crippen LogP contribution in [0.2, 0.25) is 0 Å². The Morgan fingerprint density at radius 2 is 1.96 bits per heavy atom. The van der Waals surface area contributed by atoms with Gasteiger partial charge < -0.3 is 10.2 Å². The van der Waals surface area contributed by atoms with Gasteiger partial charge in [-0.15, -0.1) is 0 Å². The van der Waals surface area contributed by atoms with Crippen molar-refractivity contribution in [1.29, 1.82) is 0 Å². The quantitative estimate of drug-likeness (QED) is 0.854. The Bertz CT molecular complexity index is 897. The highest BCUT2D eigenvalue weighted by Crippen LogP contribution is 2.37. The zero-order valence-corrected chi connectivity index (χ0v) is 14.1. The number of allylic oxidation sites excluding steroid dienone is 3. The number of fused-ring (bicyclic) bond motifs is 2. The van der Waals surface area contributed by atoms with Gasteiger partial charge >= 0.3 is 0 Å². The van der Waals surface area contributed by atoms with Crippen LogP contribution in [-0.4, -0.2) is 30.4 Å². The van der Waals surface area contributed by atoms with Gasteiger partial charge in [-0.3, -0.25) is 9.80 Å². The molecular formula is C19H18F2N4O. The first kappa shape index (κ1) is 15.6. The maximum Gasteiger partial charge on any atom is 0.280 e. The van der Waals surface area contributed by atoms with Crippen molar-refractivity contribution in [3.8, 4) is 0 Å². The molecule has 0 bridgehead atoms. The second-order valence-corrected chi connectivity index (χ2v) is 6.85. The number of nitrogens with zero attached hydrogens (tertiary/aromatic N) is 2. The van der Waals surface area contributed by atoms with E-state index in [2.05, 4.69) is 10.7 Å². The molecule has 0 spiro atoms. The van der Waals surface area contributed by atoms with Crippen molar-refractivity contribution in [2.75, 3.05) is 18.0 Å². The predicted molar refractivity (Wildman–Crippen MR) is 92.8 cm³/mol. The largest absolute Gasteiger partial charge is 0.340 e. The Hall–Kier alpha value is -2.67. The second-order valence-electron chi connectivity index (χ2n) is 6.85. The van der Waals surface area contributed by atoms with E-state index in [1.165, 1.54) is 11.1 Å². The monoisotopic (exact) mass is 356 g/mol. The predicted octanol–water partition coefficient (Wildman–Crippen LogP) is 2.41. The lowest BCUT2D eigenvalue weighted by atomic mass is 10.1. The van der Waals surface area contributed by atoms with Crippen molar-refractivity contribution in [3.05, 3.63) is 64.3 Å². The molecule has 0 aromatic heterocycles. The van der Waals surface area contributed by atoms with Gasteiger partial charge in [0.2, 0.25) is 0 Å². The summed E-state index contributed by atoms with van der Waals surface area (Å²) in [6.45, 7) is 0.840. The number of carbonyl (C=O) groups is 1. The summed E-state index contributed by atoms with van der Waals surface area (Å²) in [7, 11) is 0. The van der Waals surface area contributed by atoms with E-state index in [1.54, 1.807) is 4.90 Å². The van der Waals surface area contributed by atoms with Crippen LogP contribution in [0.25, 0.3) is 0 Å². The van der Waals surface area contributed by atoms with Crippen molar-refractivity contribution in [3.63, 3.8) is 0 Å². The molecule has 5 nitrogen and oxygen atoms in total. The molecule has 1 fully saturated rings. The minimum atomic E-state index is -2.61. The fourth-order valence-corrected chi connectivity index (χ4v) is 3.76. The Labute approximate surface area is 149 Å². The topological polar surface area (TPSA) is 47.6 Å². The van der Waals surface area contributed by atoms with Gasteiger partial charge in [-0.1, -0.05) is 18.2 Å². The molecule has 26 heavy (non-hydrogen) atoms. The fraction of sp³-hybridized carbons (Fsp3) is 0.316. The number of para-hydroxylation sites is 1. The number of hydrogen-bond acceptors (Lipinski definition) is 4. The van der Waals surface area contributed by atoms with Crippen LogP contribution in [0.3, 0.4) is 0 Å². The summed E-state index contributed by atoms with van der Waals surface area (Å²) in [4.78, 5) is 14.9. The van der Waals surface area contributed by atoms with Crippen LogP contribution in [0.1, 0.15) is 18.4 Å². The summed E-state index contributed by atoms with van der Waals surface area (Å²) in [5, 5.41) is 4.53. The summed E-state index contributed by atoms with van der Waals surface area (Å²) in [5.74, 6) is 0.301. The number of hydrogen-bond donors (Lipinski definition) is 2. The van der Waals surface area contributed by atoms with E-state index in [1.807, 2.05) is 24.3 Å². The molecule has 7 heteroatoms. The molecule has 2 N–H and O–H groups in total. The summed E-state index contributed by atoms with van der Waals surface area (Å²) >= 11 is 0. The Kier molecular flexibility index (Phi) is 3.40. The molecule has 1 aliphatic carbocycles. The van der Waals surface area contributed by atoms with E-state index in [4.69, 9.17) is 0 Å². The van der Waals surface area contributed by atoms with Crippen molar-refractivity contribution < 1.29 is 13.6 Å². The third-order valence-corrected chi connectivity index (χ3v) is 5.22. The molecule has 0 radical (unpaired) electrons. The van der Waals surface area contributed by atoms with E-state index >= 15 is 0 Å². The Balaban J connectivity index is 1.53. The second kappa shape index (κ2) is 5.67. The molecule has 134 valence electrons. The van der Waals surface area contributed by atoms with E-state index in [0.717, 1.165) is 36.1 Å². The highest BCUT2D eigenvalue weighted by Gasteiger charge is 2.39. The van der Waals surface area contributed by atoms with Crippen molar-refractivity contribution in [1.82, 2.24) is 15.8 Å². The molecule has 0 saturated heterocycles. The van der Waals surface area contributed by atoms with Crippen LogP contribution in [0, 0.1) is 0 Å². The van der Waals surface area contributed by atoms with Gasteiger partial charge in [-0.05, 0) is 42.5 Å². The lowest BCUT2D eigenvalue weighted by molar-refractivity contribution is -0.115. The molecule has 5 rings (SSSR count). The molecule has 0 unspecified atom stereocenters. The maximum atomic E-state index is 13.5. The molecule has 1 aromatic rings. The first-order valence-electron chi connectivity index (χ1n) is 8.79. The molecule has 3 heterocycles. The van der Waals surface area contributed by atoms with Crippen LogP contribution < -0.4 is 15.6 Å². The van der Waals surface area contributed by atoms with E-state index in [9.17, 15) is 13.6 Å². The zero-order valence-electron chi connectivity index (χ0n) is 14.1. The number of anilines is 1. The van der Waals surface area contributed by atoms with Gasteiger partial charge in [0.1, 0.15) is 11.5 Å². The molecule has 4 aliphatic rings. The SMILES string of the molecule is O=C(C1=C2NC(=C3CC3)C=C(C(F)F)N2NC1)N1CCc2ccccc21. The number of halogens is 2. The average molecular weight is 356 g/mol. The highest BCUT2D eigenvalue weighted by molar-refractivity contribution is 6.07. The smallest absolute Gasteiger partial charge is 0.280 e. The third kappa shape index (κ3) is 2.34. The number of hydrazine groups is 1. The van der Waals surface area contributed by atoms with Gasteiger partial charge in [0.05, 0.1) is 5.57 Å². The van der Waals surface area contributed by atoms with Crippen molar-refractivity contribution in [2.24, 2.45) is 0 Å². The summed E-state index contributed by atoms with van der Waals surface area (Å²) in [6, 6.07) is 7.82. The van der Waals surface area contributed by atoms with Crippen molar-refractivity contribution >= 4 is 11.6 Å². The number of rotatable bonds is 2. The van der Waals surface area contributed by atoms with Gasteiger partial charge in [-0.2, -0.15) is 0 Å². The van der Waals surface area contributed by atoms with Crippen molar-refractivity contribution in [2.45, 2.75) is 25.7 Å². The molecule has 3 aliphatic heterocycles. The van der Waals surface area contributed by atoms with E-state index in [0.29, 0.717) is 23.6 Å². The number of alkyl halides is 2. The van der Waals surface area contributed by atoms with Crippen LogP contribution in [0.15, 0.2) is 58.7 Å². The Morgan fingerprint density at radius 1 is 1.15 bits per heavy atom. The first-order chi connectivity index (χ1) is 12.6. The van der Waals surface area contributed by atoms with Crippen LogP contribution in [0.5, 0.6) is 0 Å². The summed E-state index contributed by atoms with van der Waals surface area (Å²) in [6.07, 6.45) is 1.52. The van der Waals surface area contributed by atoms with Gasteiger partial charge in [-0.25, -0.2) is 14.2 Å². The number of carbonyl (C=O) groups excluding carboxylic acids is 1. The Morgan fingerprint density at radius 3 is 2.73 bits per heavy atom. The van der Waals surface area contributed by atoms with Crippen LogP contribution in [0.4, 0.5) is 14.5 Å².